The summed E-state index contributed by atoms with van der Waals surface area (Å²) in [5.41, 5.74) is 0.774. The zero-order valence-electron chi connectivity index (χ0n) is 14.6. The van der Waals surface area contributed by atoms with Crippen molar-refractivity contribution in [1.29, 1.82) is 0 Å². The van der Waals surface area contributed by atoms with E-state index in [9.17, 15) is 9.59 Å². The van der Waals surface area contributed by atoms with E-state index < -0.39 is 5.97 Å². The fourth-order valence-corrected chi connectivity index (χ4v) is 3.05. The molecule has 0 saturated carbocycles. The Morgan fingerprint density at radius 1 is 1.16 bits per heavy atom. The van der Waals surface area contributed by atoms with Crippen molar-refractivity contribution in [3.8, 4) is 11.5 Å². The van der Waals surface area contributed by atoms with Crippen LogP contribution in [0.25, 0.3) is 0 Å². The molecule has 1 aromatic heterocycles. The number of nitrogens with one attached hydrogen (secondary N) is 1. The molecule has 1 unspecified atom stereocenters. The number of hydrogen-bond donors (Lipinski definition) is 1. The third-order valence-electron chi connectivity index (χ3n) is 3.56. The summed E-state index contributed by atoms with van der Waals surface area (Å²) in [4.78, 5) is 25.4. The zero-order chi connectivity index (χ0) is 18.4. The summed E-state index contributed by atoms with van der Waals surface area (Å²) >= 11 is 1.33. The molecule has 0 fully saturated rings. The number of esters is 1. The van der Waals surface area contributed by atoms with Crippen LogP contribution in [0.5, 0.6) is 11.5 Å². The molecule has 0 spiro atoms. The van der Waals surface area contributed by atoms with Gasteiger partial charge in [-0.3, -0.25) is 4.79 Å². The first kappa shape index (κ1) is 18.8. The van der Waals surface area contributed by atoms with Crippen LogP contribution in [0.3, 0.4) is 0 Å². The summed E-state index contributed by atoms with van der Waals surface area (Å²) in [6.07, 6.45) is 0. The van der Waals surface area contributed by atoms with E-state index in [2.05, 4.69) is 5.32 Å². The van der Waals surface area contributed by atoms with E-state index in [0.717, 1.165) is 10.4 Å². The highest BCUT2D eigenvalue weighted by atomic mass is 32.1. The highest BCUT2D eigenvalue weighted by Crippen LogP contribution is 2.29. The van der Waals surface area contributed by atoms with Crippen LogP contribution in [0.15, 0.2) is 30.3 Å². The third kappa shape index (κ3) is 4.96. The van der Waals surface area contributed by atoms with Crippen LogP contribution >= 0.6 is 11.3 Å². The molecule has 0 bridgehead atoms. The van der Waals surface area contributed by atoms with Crippen LogP contribution in [-0.2, 0) is 9.53 Å². The van der Waals surface area contributed by atoms with Gasteiger partial charge in [-0.2, -0.15) is 0 Å². The Morgan fingerprint density at radius 3 is 2.52 bits per heavy atom. The molecule has 0 saturated heterocycles. The Kier molecular flexibility index (Phi) is 6.41. The molecule has 1 atom stereocenters. The lowest BCUT2D eigenvalue weighted by atomic mass is 10.1. The molecule has 7 heteroatoms. The van der Waals surface area contributed by atoms with E-state index in [-0.39, 0.29) is 18.6 Å². The van der Waals surface area contributed by atoms with Gasteiger partial charge in [0.1, 0.15) is 16.4 Å². The maximum atomic E-state index is 12.1. The Bertz CT molecular complexity index is 756. The molecular formula is C18H21NO5S. The number of ether oxygens (including phenoxy) is 3. The molecule has 1 heterocycles. The Labute approximate surface area is 150 Å². The molecule has 0 aliphatic heterocycles. The highest BCUT2D eigenvalue weighted by molar-refractivity contribution is 7.13. The minimum atomic E-state index is -0.500. The van der Waals surface area contributed by atoms with Crippen LogP contribution in [0.2, 0.25) is 0 Å². The predicted octanol–water partition coefficient (Wildman–Crippen LogP) is 3.11. The molecule has 1 N–H and O–H groups in total. The summed E-state index contributed by atoms with van der Waals surface area (Å²) in [6.45, 7) is 3.38. The summed E-state index contributed by atoms with van der Waals surface area (Å²) in [5, 5.41) is 2.79. The molecular weight excluding hydrogens is 342 g/mol. The van der Waals surface area contributed by atoms with Gasteiger partial charge < -0.3 is 19.5 Å². The largest absolute Gasteiger partial charge is 0.497 e. The van der Waals surface area contributed by atoms with Crippen molar-refractivity contribution in [2.24, 2.45) is 0 Å². The molecule has 0 radical (unpaired) electrons. The quantitative estimate of drug-likeness (QED) is 0.765. The number of thiophene rings is 1. The molecule has 0 aliphatic rings. The smallest absolute Gasteiger partial charge is 0.348 e. The van der Waals surface area contributed by atoms with Gasteiger partial charge in [-0.25, -0.2) is 4.79 Å². The van der Waals surface area contributed by atoms with E-state index >= 15 is 0 Å². The average Bonchev–Trinajstić information content (AvgIpc) is 3.05. The Balaban J connectivity index is 1.95. The summed E-state index contributed by atoms with van der Waals surface area (Å²) < 4.78 is 15.6. The minimum absolute atomic E-state index is 0.333. The molecule has 0 aliphatic carbocycles. The molecule has 2 rings (SSSR count). The van der Waals surface area contributed by atoms with Crippen LogP contribution in [-0.4, -0.2) is 32.7 Å². The second kappa shape index (κ2) is 8.53. The van der Waals surface area contributed by atoms with E-state index in [0.29, 0.717) is 16.4 Å². The second-order valence-corrected chi connectivity index (χ2v) is 6.67. The van der Waals surface area contributed by atoms with Gasteiger partial charge >= 0.3 is 5.97 Å². The first-order chi connectivity index (χ1) is 11.9. The van der Waals surface area contributed by atoms with E-state index in [4.69, 9.17) is 14.2 Å². The lowest BCUT2D eigenvalue weighted by molar-refractivity contribution is -0.124. The lowest BCUT2D eigenvalue weighted by Gasteiger charge is -2.18. The topological polar surface area (TPSA) is 73.9 Å². The normalized spacial score (nSPS) is 11.5. The van der Waals surface area contributed by atoms with Crippen molar-refractivity contribution in [2.75, 3.05) is 20.8 Å². The summed E-state index contributed by atoms with van der Waals surface area (Å²) in [5.74, 6) is 0.412. The number of aryl methyl sites for hydroxylation is 1. The number of benzene rings is 1. The van der Waals surface area contributed by atoms with Gasteiger partial charge in [-0.15, -0.1) is 11.3 Å². The maximum Gasteiger partial charge on any atom is 0.348 e. The first-order valence-corrected chi connectivity index (χ1v) is 8.51. The molecule has 1 aromatic carbocycles. The number of rotatable bonds is 7. The highest BCUT2D eigenvalue weighted by Gasteiger charge is 2.17. The number of amides is 1. The number of carbonyl (C=O) groups excluding carboxylic acids is 2. The maximum absolute atomic E-state index is 12.1. The molecule has 25 heavy (non-hydrogen) atoms. The fraction of sp³-hybridized carbons (Fsp3) is 0.333. The summed E-state index contributed by atoms with van der Waals surface area (Å²) in [6, 6.07) is 8.53. The van der Waals surface area contributed by atoms with Crippen molar-refractivity contribution in [1.82, 2.24) is 5.32 Å². The number of methoxy groups -OCH3 is 2. The SMILES string of the molecule is COc1ccc(OC)c(C(C)NC(=O)COC(=O)c2ccc(C)s2)c1. The summed E-state index contributed by atoms with van der Waals surface area (Å²) in [7, 11) is 3.13. The first-order valence-electron chi connectivity index (χ1n) is 7.69. The number of hydrogen-bond acceptors (Lipinski definition) is 6. The van der Waals surface area contributed by atoms with Crippen molar-refractivity contribution in [2.45, 2.75) is 19.9 Å². The molecule has 2 aromatic rings. The van der Waals surface area contributed by atoms with Crippen LogP contribution in [0.1, 0.15) is 33.1 Å². The van der Waals surface area contributed by atoms with Gasteiger partial charge in [-0.1, -0.05) is 0 Å². The number of carbonyl (C=O) groups is 2. The van der Waals surface area contributed by atoms with Crippen molar-refractivity contribution in [3.05, 3.63) is 45.6 Å². The standard InChI is InChI=1S/C18H21NO5S/c1-11-5-8-16(25-11)18(21)24-10-17(20)19-12(2)14-9-13(22-3)6-7-15(14)23-4/h5-9,12H,10H2,1-4H3,(H,19,20). The van der Waals surface area contributed by atoms with Gasteiger partial charge in [0, 0.05) is 10.4 Å². The van der Waals surface area contributed by atoms with Crippen molar-refractivity contribution < 1.29 is 23.8 Å². The molecule has 1 amide bonds. The van der Waals surface area contributed by atoms with Crippen molar-refractivity contribution in [3.63, 3.8) is 0 Å². The van der Waals surface area contributed by atoms with Gasteiger partial charge in [0.15, 0.2) is 6.61 Å². The monoisotopic (exact) mass is 363 g/mol. The Morgan fingerprint density at radius 2 is 1.92 bits per heavy atom. The van der Waals surface area contributed by atoms with Gasteiger partial charge in [0.2, 0.25) is 0 Å². The minimum Gasteiger partial charge on any atom is -0.497 e. The van der Waals surface area contributed by atoms with E-state index in [1.54, 1.807) is 38.5 Å². The van der Waals surface area contributed by atoms with Crippen LogP contribution in [0, 0.1) is 6.92 Å². The Hall–Kier alpha value is -2.54. The van der Waals surface area contributed by atoms with E-state index in [1.807, 2.05) is 19.9 Å². The van der Waals surface area contributed by atoms with E-state index in [1.165, 1.54) is 11.3 Å². The van der Waals surface area contributed by atoms with Gasteiger partial charge in [0.25, 0.3) is 5.91 Å². The average molecular weight is 363 g/mol. The lowest BCUT2D eigenvalue weighted by Crippen LogP contribution is -2.31. The van der Waals surface area contributed by atoms with Gasteiger partial charge in [-0.05, 0) is 44.2 Å². The second-order valence-electron chi connectivity index (χ2n) is 5.38. The van der Waals surface area contributed by atoms with Gasteiger partial charge in [0.05, 0.1) is 20.3 Å². The van der Waals surface area contributed by atoms with Crippen molar-refractivity contribution >= 4 is 23.2 Å². The predicted molar refractivity (Wildman–Crippen MR) is 95.4 cm³/mol. The fourth-order valence-electron chi connectivity index (χ4n) is 2.29. The zero-order valence-corrected chi connectivity index (χ0v) is 15.4. The third-order valence-corrected chi connectivity index (χ3v) is 4.54. The van der Waals surface area contributed by atoms with Crippen LogP contribution < -0.4 is 14.8 Å². The molecule has 6 nitrogen and oxygen atoms in total. The molecule has 134 valence electrons. The van der Waals surface area contributed by atoms with Crippen LogP contribution in [0.4, 0.5) is 0 Å².